The average molecular weight is 385 g/mol. The van der Waals surface area contributed by atoms with Crippen LogP contribution in [-0.2, 0) is 37.0 Å². The molecule has 1 heterocycles. The molecule has 6 nitrogen and oxygen atoms in total. The Morgan fingerprint density at radius 1 is 0.929 bits per heavy atom. The van der Waals surface area contributed by atoms with E-state index in [1.54, 1.807) is 6.92 Å². The third kappa shape index (κ3) is 5.87. The minimum Gasteiger partial charge on any atom is -0.459 e. The lowest BCUT2D eigenvalue weighted by atomic mass is 10.1. The highest BCUT2D eigenvalue weighted by Gasteiger charge is 2.34. The van der Waals surface area contributed by atoms with Gasteiger partial charge in [-0.25, -0.2) is 0 Å². The fourth-order valence-corrected chi connectivity index (χ4v) is 3.04. The van der Waals surface area contributed by atoms with Gasteiger partial charge in [0.1, 0.15) is 24.4 Å². The number of rotatable bonds is 6. The van der Waals surface area contributed by atoms with Gasteiger partial charge in [0.2, 0.25) is 0 Å². The Kier molecular flexibility index (Phi) is 7.56. The molecule has 2 aromatic carbocycles. The van der Waals surface area contributed by atoms with Crippen molar-refractivity contribution in [1.29, 1.82) is 0 Å². The van der Waals surface area contributed by atoms with Gasteiger partial charge in [-0.3, -0.25) is 4.79 Å². The molecule has 0 amide bonds. The molecule has 0 bridgehead atoms. The Hall–Kier alpha value is -2.25. The van der Waals surface area contributed by atoms with Gasteiger partial charge >= 0.3 is 5.97 Å². The molecule has 4 atom stereocenters. The summed E-state index contributed by atoms with van der Waals surface area (Å²) in [6.45, 7) is 2.94. The number of cyclic esters (lactones) is 1. The van der Waals surface area contributed by atoms with Crippen LogP contribution in [0.1, 0.15) is 18.1 Å². The van der Waals surface area contributed by atoms with Crippen LogP contribution in [0.2, 0.25) is 0 Å². The maximum absolute atomic E-state index is 12.1. The minimum atomic E-state index is -0.815. The first-order valence-corrected chi connectivity index (χ1v) is 9.48. The van der Waals surface area contributed by atoms with Gasteiger partial charge in [-0.2, -0.15) is 0 Å². The summed E-state index contributed by atoms with van der Waals surface area (Å²) in [5.74, 6) is -0.496. The Morgan fingerprint density at radius 2 is 1.50 bits per heavy atom. The summed E-state index contributed by atoms with van der Waals surface area (Å²) in [5.41, 5.74) is 7.89. The molecule has 2 N–H and O–H groups in total. The molecule has 6 heteroatoms. The monoisotopic (exact) mass is 385 g/mol. The molecule has 0 aliphatic carbocycles. The van der Waals surface area contributed by atoms with Crippen LogP contribution in [0.15, 0.2) is 60.7 Å². The normalized spacial score (nSPS) is 26.0. The number of hydrogen-bond acceptors (Lipinski definition) is 6. The highest BCUT2D eigenvalue weighted by atomic mass is 16.6. The second kappa shape index (κ2) is 10.3. The Labute approximate surface area is 165 Å². The van der Waals surface area contributed by atoms with Gasteiger partial charge in [0.05, 0.1) is 26.4 Å². The zero-order valence-electron chi connectivity index (χ0n) is 16.0. The van der Waals surface area contributed by atoms with Crippen molar-refractivity contribution in [2.75, 3.05) is 13.2 Å². The van der Waals surface area contributed by atoms with E-state index in [9.17, 15) is 4.79 Å². The number of esters is 1. The van der Waals surface area contributed by atoms with E-state index in [2.05, 4.69) is 0 Å². The lowest BCUT2D eigenvalue weighted by molar-refractivity contribution is -0.170. The van der Waals surface area contributed by atoms with E-state index >= 15 is 0 Å². The predicted octanol–water partition coefficient (Wildman–Crippen LogP) is 2.45. The van der Waals surface area contributed by atoms with Crippen molar-refractivity contribution in [2.24, 2.45) is 5.73 Å². The maximum atomic E-state index is 12.1. The first-order valence-electron chi connectivity index (χ1n) is 9.48. The van der Waals surface area contributed by atoms with E-state index in [1.165, 1.54) is 0 Å². The third-order valence-corrected chi connectivity index (χ3v) is 4.61. The topological polar surface area (TPSA) is 80.0 Å². The van der Waals surface area contributed by atoms with Crippen LogP contribution >= 0.6 is 0 Å². The summed E-state index contributed by atoms with van der Waals surface area (Å²) in [6.07, 6.45) is -1.42. The lowest BCUT2D eigenvalue weighted by Crippen LogP contribution is -2.44. The molecule has 0 unspecified atom stereocenters. The highest BCUT2D eigenvalue weighted by Crippen LogP contribution is 2.19. The summed E-state index contributed by atoms with van der Waals surface area (Å²) in [5, 5.41) is 0. The molecule has 2 aromatic rings. The van der Waals surface area contributed by atoms with E-state index < -0.39 is 30.3 Å². The summed E-state index contributed by atoms with van der Waals surface area (Å²) in [6, 6.07) is 18.9. The molecule has 0 aromatic heterocycles. The molecule has 0 radical (unpaired) electrons. The Balaban J connectivity index is 1.72. The van der Waals surface area contributed by atoms with Crippen LogP contribution in [0.25, 0.3) is 0 Å². The Morgan fingerprint density at radius 3 is 2.11 bits per heavy atom. The van der Waals surface area contributed by atoms with Crippen molar-refractivity contribution < 1.29 is 23.7 Å². The molecule has 3 rings (SSSR count). The maximum Gasteiger partial charge on any atom is 0.325 e. The fourth-order valence-electron chi connectivity index (χ4n) is 3.04. The van der Waals surface area contributed by atoms with Crippen LogP contribution in [0.4, 0.5) is 0 Å². The molecule has 28 heavy (non-hydrogen) atoms. The number of carbonyl (C=O) groups is 1. The standard InChI is InChI=1S/C22H27NO5/c1-16-21(27-13-18-10-6-3-7-11-18)20(15-25-14-19(23)22(24)28-16)26-12-17-8-4-2-5-9-17/h2-11,16,19-21H,12-15,23H2,1H3/t16-,19+,20+,21+/m0/s1. The van der Waals surface area contributed by atoms with Crippen LogP contribution in [0.5, 0.6) is 0 Å². The molecule has 150 valence electrons. The summed E-state index contributed by atoms with van der Waals surface area (Å²) < 4.78 is 23.4. The van der Waals surface area contributed by atoms with Gasteiger partial charge in [-0.05, 0) is 18.1 Å². The van der Waals surface area contributed by atoms with Gasteiger partial charge in [-0.15, -0.1) is 0 Å². The van der Waals surface area contributed by atoms with E-state index in [-0.39, 0.29) is 13.2 Å². The smallest absolute Gasteiger partial charge is 0.325 e. The van der Waals surface area contributed by atoms with Gasteiger partial charge in [0, 0.05) is 0 Å². The molecule has 1 aliphatic rings. The van der Waals surface area contributed by atoms with Gasteiger partial charge in [0.25, 0.3) is 0 Å². The minimum absolute atomic E-state index is 0.0855. The molecular weight excluding hydrogens is 358 g/mol. The predicted molar refractivity (Wildman–Crippen MR) is 104 cm³/mol. The first kappa shape index (κ1) is 20.5. The van der Waals surface area contributed by atoms with Crippen molar-refractivity contribution in [2.45, 2.75) is 44.5 Å². The van der Waals surface area contributed by atoms with E-state index in [0.717, 1.165) is 11.1 Å². The second-order valence-corrected chi connectivity index (χ2v) is 6.88. The van der Waals surface area contributed by atoms with E-state index in [1.807, 2.05) is 60.7 Å². The van der Waals surface area contributed by atoms with Crippen LogP contribution in [-0.4, -0.2) is 43.5 Å². The second-order valence-electron chi connectivity index (χ2n) is 6.88. The number of benzene rings is 2. The van der Waals surface area contributed by atoms with Gasteiger partial charge < -0.3 is 24.7 Å². The first-order chi connectivity index (χ1) is 13.6. The quantitative estimate of drug-likeness (QED) is 0.770. The van der Waals surface area contributed by atoms with Crippen molar-refractivity contribution in [1.82, 2.24) is 0 Å². The summed E-state index contributed by atoms with van der Waals surface area (Å²) in [7, 11) is 0. The van der Waals surface area contributed by atoms with Crippen LogP contribution < -0.4 is 5.73 Å². The lowest BCUT2D eigenvalue weighted by Gasteiger charge is -2.30. The number of hydrogen-bond donors (Lipinski definition) is 1. The van der Waals surface area contributed by atoms with E-state index in [0.29, 0.717) is 13.2 Å². The molecule has 1 fully saturated rings. The zero-order valence-corrected chi connectivity index (χ0v) is 16.0. The summed E-state index contributed by atoms with van der Waals surface area (Å²) in [4.78, 5) is 12.1. The van der Waals surface area contributed by atoms with Crippen molar-refractivity contribution in [3.05, 3.63) is 71.8 Å². The number of nitrogens with two attached hydrogens (primary N) is 1. The van der Waals surface area contributed by atoms with Crippen LogP contribution in [0, 0.1) is 0 Å². The van der Waals surface area contributed by atoms with E-state index in [4.69, 9.17) is 24.7 Å². The fraction of sp³-hybridized carbons (Fsp3) is 0.409. The Bertz CT molecular complexity index is 724. The molecule has 1 aliphatic heterocycles. The third-order valence-electron chi connectivity index (χ3n) is 4.61. The SMILES string of the molecule is C[C@@H]1OC(=O)[C@H](N)COC[C@@H](OCc2ccccc2)[C@@H]1OCc1ccccc1. The van der Waals surface area contributed by atoms with Crippen molar-refractivity contribution in [3.63, 3.8) is 0 Å². The zero-order chi connectivity index (χ0) is 19.8. The average Bonchev–Trinajstić information content (AvgIpc) is 2.76. The molecule has 1 saturated heterocycles. The van der Waals surface area contributed by atoms with Gasteiger partial charge in [-0.1, -0.05) is 60.7 Å². The highest BCUT2D eigenvalue weighted by molar-refractivity contribution is 5.75. The molecular formula is C22H27NO5. The molecule has 0 spiro atoms. The number of ether oxygens (including phenoxy) is 4. The van der Waals surface area contributed by atoms with Crippen molar-refractivity contribution in [3.8, 4) is 0 Å². The van der Waals surface area contributed by atoms with Gasteiger partial charge in [0.15, 0.2) is 0 Å². The summed E-state index contributed by atoms with van der Waals surface area (Å²) >= 11 is 0. The van der Waals surface area contributed by atoms with Crippen molar-refractivity contribution >= 4 is 5.97 Å². The number of carbonyl (C=O) groups excluding carboxylic acids is 1. The van der Waals surface area contributed by atoms with Crippen LogP contribution in [0.3, 0.4) is 0 Å². The largest absolute Gasteiger partial charge is 0.459 e. The molecule has 0 saturated carbocycles.